The number of aryl methyl sites for hydroxylation is 2. The SMILES string of the molecule is CCCS(=O)(=O)c1c(N)c(CC)nn1C. The lowest BCUT2D eigenvalue weighted by Crippen LogP contribution is -2.12. The molecule has 0 saturated carbocycles. The van der Waals surface area contributed by atoms with E-state index in [1.165, 1.54) is 4.68 Å². The Bertz CT molecular complexity index is 448. The summed E-state index contributed by atoms with van der Waals surface area (Å²) < 4.78 is 25.1. The normalized spacial score (nSPS) is 11.9. The van der Waals surface area contributed by atoms with Gasteiger partial charge in [0.25, 0.3) is 0 Å². The van der Waals surface area contributed by atoms with Crippen molar-refractivity contribution in [3.63, 3.8) is 0 Å². The third-order valence-corrected chi connectivity index (χ3v) is 4.23. The summed E-state index contributed by atoms with van der Waals surface area (Å²) in [7, 11) is -1.68. The second kappa shape index (κ2) is 4.22. The summed E-state index contributed by atoms with van der Waals surface area (Å²) in [5.41, 5.74) is 6.71. The van der Waals surface area contributed by atoms with Gasteiger partial charge in [0.15, 0.2) is 14.9 Å². The second-order valence-electron chi connectivity index (χ2n) is 3.46. The van der Waals surface area contributed by atoms with Gasteiger partial charge in [-0.1, -0.05) is 13.8 Å². The first-order chi connectivity index (χ1) is 6.94. The molecule has 0 bridgehead atoms. The molecule has 0 aromatic carbocycles. The predicted molar refractivity (Wildman–Crippen MR) is 59.3 cm³/mol. The Labute approximate surface area is 90.2 Å². The third kappa shape index (κ3) is 2.14. The lowest BCUT2D eigenvalue weighted by atomic mass is 10.3. The van der Waals surface area contributed by atoms with Crippen LogP contribution in [0.5, 0.6) is 0 Å². The Morgan fingerprint density at radius 3 is 2.40 bits per heavy atom. The maximum atomic E-state index is 11.9. The molecule has 0 spiro atoms. The monoisotopic (exact) mass is 231 g/mol. The van der Waals surface area contributed by atoms with Crippen molar-refractivity contribution in [3.8, 4) is 0 Å². The van der Waals surface area contributed by atoms with Crippen LogP contribution in [0.3, 0.4) is 0 Å². The smallest absolute Gasteiger partial charge is 0.197 e. The summed E-state index contributed by atoms with van der Waals surface area (Å²) in [4.78, 5) is 0. The van der Waals surface area contributed by atoms with E-state index in [1.54, 1.807) is 7.05 Å². The number of nitrogen functional groups attached to an aromatic ring is 1. The zero-order valence-corrected chi connectivity index (χ0v) is 10.1. The Morgan fingerprint density at radius 2 is 2.00 bits per heavy atom. The fraction of sp³-hybridized carbons (Fsp3) is 0.667. The van der Waals surface area contributed by atoms with Crippen molar-refractivity contribution in [1.29, 1.82) is 0 Å². The average Bonchev–Trinajstić information content (AvgIpc) is 2.41. The third-order valence-electron chi connectivity index (χ3n) is 2.21. The number of aromatic nitrogens is 2. The van der Waals surface area contributed by atoms with E-state index < -0.39 is 9.84 Å². The minimum Gasteiger partial charge on any atom is -0.395 e. The molecular weight excluding hydrogens is 214 g/mol. The van der Waals surface area contributed by atoms with Gasteiger partial charge in [-0.15, -0.1) is 0 Å². The predicted octanol–water partition coefficient (Wildman–Crippen LogP) is 0.748. The molecule has 0 radical (unpaired) electrons. The van der Waals surface area contributed by atoms with Crippen molar-refractivity contribution in [2.75, 3.05) is 11.5 Å². The van der Waals surface area contributed by atoms with Gasteiger partial charge in [0, 0.05) is 7.05 Å². The minimum atomic E-state index is -3.29. The number of nitrogens with two attached hydrogens (primary N) is 1. The van der Waals surface area contributed by atoms with Crippen molar-refractivity contribution in [2.45, 2.75) is 31.7 Å². The molecule has 0 amide bonds. The Hall–Kier alpha value is -1.04. The van der Waals surface area contributed by atoms with Crippen LogP contribution < -0.4 is 5.73 Å². The largest absolute Gasteiger partial charge is 0.395 e. The van der Waals surface area contributed by atoms with E-state index in [2.05, 4.69) is 5.10 Å². The molecule has 2 N–H and O–H groups in total. The molecule has 0 fully saturated rings. The van der Waals surface area contributed by atoms with Crippen LogP contribution in [0, 0.1) is 0 Å². The van der Waals surface area contributed by atoms with Crippen molar-refractivity contribution in [1.82, 2.24) is 9.78 Å². The van der Waals surface area contributed by atoms with Crippen molar-refractivity contribution >= 4 is 15.5 Å². The molecule has 0 aliphatic rings. The molecule has 0 aliphatic carbocycles. The Kier molecular flexibility index (Phi) is 3.38. The molecule has 0 saturated heterocycles. The van der Waals surface area contributed by atoms with Gasteiger partial charge >= 0.3 is 0 Å². The maximum absolute atomic E-state index is 11.9. The van der Waals surface area contributed by atoms with Crippen LogP contribution in [0.2, 0.25) is 0 Å². The van der Waals surface area contributed by atoms with Crippen LogP contribution in [0.25, 0.3) is 0 Å². The summed E-state index contributed by atoms with van der Waals surface area (Å²) in [6.45, 7) is 3.72. The molecular formula is C9H17N3O2S. The van der Waals surface area contributed by atoms with E-state index in [-0.39, 0.29) is 10.8 Å². The quantitative estimate of drug-likeness (QED) is 0.829. The van der Waals surface area contributed by atoms with E-state index in [1.807, 2.05) is 13.8 Å². The summed E-state index contributed by atoms with van der Waals surface area (Å²) >= 11 is 0. The van der Waals surface area contributed by atoms with Gasteiger partial charge in [-0.25, -0.2) is 8.42 Å². The van der Waals surface area contributed by atoms with Gasteiger partial charge in [0.2, 0.25) is 0 Å². The van der Waals surface area contributed by atoms with Crippen LogP contribution in [0.4, 0.5) is 5.69 Å². The first-order valence-electron chi connectivity index (χ1n) is 4.98. The van der Waals surface area contributed by atoms with Crippen LogP contribution in [-0.4, -0.2) is 24.0 Å². The molecule has 1 heterocycles. The van der Waals surface area contributed by atoms with Crippen LogP contribution in [-0.2, 0) is 23.3 Å². The first-order valence-corrected chi connectivity index (χ1v) is 6.63. The van der Waals surface area contributed by atoms with Crippen LogP contribution >= 0.6 is 0 Å². The van der Waals surface area contributed by atoms with Crippen molar-refractivity contribution in [3.05, 3.63) is 5.69 Å². The zero-order valence-electron chi connectivity index (χ0n) is 9.32. The van der Waals surface area contributed by atoms with Crippen molar-refractivity contribution in [2.24, 2.45) is 7.05 Å². The number of hydrogen-bond donors (Lipinski definition) is 1. The van der Waals surface area contributed by atoms with Gasteiger partial charge in [-0.05, 0) is 12.8 Å². The van der Waals surface area contributed by atoms with E-state index in [0.29, 0.717) is 24.2 Å². The van der Waals surface area contributed by atoms with Gasteiger partial charge in [-0.3, -0.25) is 4.68 Å². The van der Waals surface area contributed by atoms with E-state index in [9.17, 15) is 8.42 Å². The van der Waals surface area contributed by atoms with Gasteiger partial charge in [0.1, 0.15) is 0 Å². The van der Waals surface area contributed by atoms with E-state index >= 15 is 0 Å². The van der Waals surface area contributed by atoms with Crippen LogP contribution in [0.1, 0.15) is 26.0 Å². The van der Waals surface area contributed by atoms with Gasteiger partial charge < -0.3 is 5.73 Å². The summed E-state index contributed by atoms with van der Waals surface area (Å²) in [6.07, 6.45) is 1.22. The molecule has 1 aromatic heterocycles. The Morgan fingerprint density at radius 1 is 1.40 bits per heavy atom. The van der Waals surface area contributed by atoms with Gasteiger partial charge in [0.05, 0.1) is 17.1 Å². The highest BCUT2D eigenvalue weighted by atomic mass is 32.2. The van der Waals surface area contributed by atoms with Crippen molar-refractivity contribution < 1.29 is 8.42 Å². The topological polar surface area (TPSA) is 78.0 Å². The number of sulfone groups is 1. The molecule has 0 aliphatic heterocycles. The number of anilines is 1. The van der Waals surface area contributed by atoms with E-state index in [0.717, 1.165) is 0 Å². The molecule has 86 valence electrons. The van der Waals surface area contributed by atoms with Crippen LogP contribution in [0.15, 0.2) is 5.03 Å². The lowest BCUT2D eigenvalue weighted by molar-refractivity contribution is 0.576. The minimum absolute atomic E-state index is 0.111. The lowest BCUT2D eigenvalue weighted by Gasteiger charge is -2.03. The fourth-order valence-corrected chi connectivity index (χ4v) is 3.20. The maximum Gasteiger partial charge on any atom is 0.197 e. The Balaban J connectivity index is 3.31. The second-order valence-corrected chi connectivity index (χ2v) is 5.49. The number of hydrogen-bond acceptors (Lipinski definition) is 4. The highest BCUT2D eigenvalue weighted by Gasteiger charge is 2.23. The molecule has 6 heteroatoms. The summed E-state index contributed by atoms with van der Waals surface area (Å²) in [5, 5.41) is 4.24. The average molecular weight is 231 g/mol. The highest BCUT2D eigenvalue weighted by molar-refractivity contribution is 7.91. The molecule has 5 nitrogen and oxygen atoms in total. The molecule has 0 atom stereocenters. The standard InChI is InChI=1S/C9H17N3O2S/c1-4-6-15(13,14)9-8(10)7(5-2)11-12(9)3/h4-6,10H2,1-3H3. The molecule has 1 aromatic rings. The number of nitrogens with zero attached hydrogens (tertiary/aromatic N) is 2. The van der Waals surface area contributed by atoms with Gasteiger partial charge in [-0.2, -0.15) is 5.10 Å². The fourth-order valence-electron chi connectivity index (χ4n) is 1.57. The number of rotatable bonds is 4. The molecule has 1 rings (SSSR count). The van der Waals surface area contributed by atoms with E-state index in [4.69, 9.17) is 5.73 Å². The summed E-state index contributed by atoms with van der Waals surface area (Å²) in [5.74, 6) is 0.111. The summed E-state index contributed by atoms with van der Waals surface area (Å²) in [6, 6.07) is 0. The highest BCUT2D eigenvalue weighted by Crippen LogP contribution is 2.23. The first kappa shape index (κ1) is 12.0. The zero-order chi connectivity index (χ0) is 11.6. The molecule has 0 unspecified atom stereocenters. The molecule has 15 heavy (non-hydrogen) atoms.